The first-order valence-electron chi connectivity index (χ1n) is 3.12. The predicted octanol–water partition coefficient (Wildman–Crippen LogP) is 1.33. The molecule has 1 fully saturated rings. The predicted molar refractivity (Wildman–Crippen MR) is 33.6 cm³/mol. The summed E-state index contributed by atoms with van der Waals surface area (Å²) in [6.45, 7) is 2.30. The molecule has 1 saturated carbocycles. The number of aliphatic hydroxyl groups excluding tert-OH is 1. The van der Waals surface area contributed by atoms with Crippen molar-refractivity contribution in [3.8, 4) is 0 Å². The first-order valence-corrected chi connectivity index (χ1v) is 3.12. The molecule has 8 heavy (non-hydrogen) atoms. The van der Waals surface area contributed by atoms with Gasteiger partial charge in [-0.05, 0) is 25.7 Å². The molecule has 0 spiro atoms. The van der Waals surface area contributed by atoms with Crippen LogP contribution in [0.2, 0.25) is 0 Å². The van der Waals surface area contributed by atoms with Crippen LogP contribution in [0.3, 0.4) is 0 Å². The van der Waals surface area contributed by atoms with Crippen LogP contribution in [0.1, 0.15) is 19.8 Å². The number of rotatable bonds is 2. The Bertz CT molecular complexity index is 101. The Morgan fingerprint density at radius 2 is 2.38 bits per heavy atom. The minimum Gasteiger partial charge on any atom is -0.392 e. The molecule has 0 heterocycles. The smallest absolute Gasteiger partial charge is 0.0615 e. The number of aliphatic hydroxyl groups is 1. The van der Waals surface area contributed by atoms with Crippen LogP contribution in [0, 0.1) is 5.92 Å². The van der Waals surface area contributed by atoms with E-state index < -0.39 is 0 Å². The standard InChI is InChI=1S/C7H12O/c1-6(4-5-8)7-2-3-7/h4,7-8H,2-3,5H2,1H3. The van der Waals surface area contributed by atoms with Gasteiger partial charge in [-0.25, -0.2) is 0 Å². The molecule has 0 amide bonds. The normalized spacial score (nSPS) is 21.5. The summed E-state index contributed by atoms with van der Waals surface area (Å²) in [5, 5.41) is 8.44. The third-order valence-electron chi connectivity index (χ3n) is 1.63. The maximum atomic E-state index is 8.44. The first kappa shape index (κ1) is 5.83. The molecular formula is C7H12O. The highest BCUT2D eigenvalue weighted by molar-refractivity contribution is 5.09. The lowest BCUT2D eigenvalue weighted by atomic mass is 10.2. The van der Waals surface area contributed by atoms with Crippen LogP contribution in [-0.2, 0) is 0 Å². The van der Waals surface area contributed by atoms with Crippen molar-refractivity contribution >= 4 is 0 Å². The average molecular weight is 112 g/mol. The second kappa shape index (κ2) is 2.31. The number of allylic oxidation sites excluding steroid dienone is 1. The van der Waals surface area contributed by atoms with Crippen molar-refractivity contribution in [3.63, 3.8) is 0 Å². The summed E-state index contributed by atoms with van der Waals surface area (Å²) in [4.78, 5) is 0. The lowest BCUT2D eigenvalue weighted by molar-refractivity contribution is 0.341. The van der Waals surface area contributed by atoms with Crippen molar-refractivity contribution in [1.82, 2.24) is 0 Å². The van der Waals surface area contributed by atoms with Gasteiger partial charge in [0, 0.05) is 0 Å². The minimum atomic E-state index is 0.211. The van der Waals surface area contributed by atoms with Crippen LogP contribution in [0.5, 0.6) is 0 Å². The quantitative estimate of drug-likeness (QED) is 0.534. The van der Waals surface area contributed by atoms with Gasteiger partial charge in [-0.15, -0.1) is 0 Å². The van der Waals surface area contributed by atoms with Crippen molar-refractivity contribution in [3.05, 3.63) is 11.6 Å². The van der Waals surface area contributed by atoms with Crippen molar-refractivity contribution < 1.29 is 5.11 Å². The zero-order valence-corrected chi connectivity index (χ0v) is 5.22. The molecule has 1 heteroatoms. The van der Waals surface area contributed by atoms with E-state index in [-0.39, 0.29) is 6.61 Å². The lowest BCUT2D eigenvalue weighted by Crippen LogP contribution is -1.80. The van der Waals surface area contributed by atoms with Crippen LogP contribution in [0.15, 0.2) is 11.6 Å². The van der Waals surface area contributed by atoms with Crippen LogP contribution in [-0.4, -0.2) is 11.7 Å². The highest BCUT2D eigenvalue weighted by Gasteiger charge is 2.22. The van der Waals surface area contributed by atoms with E-state index in [0.29, 0.717) is 0 Å². The maximum Gasteiger partial charge on any atom is 0.0615 e. The van der Waals surface area contributed by atoms with Crippen LogP contribution < -0.4 is 0 Å². The van der Waals surface area contributed by atoms with Gasteiger partial charge in [0.2, 0.25) is 0 Å². The van der Waals surface area contributed by atoms with Crippen molar-refractivity contribution in [2.75, 3.05) is 6.61 Å². The van der Waals surface area contributed by atoms with E-state index in [1.807, 2.05) is 6.08 Å². The second-order valence-corrected chi connectivity index (χ2v) is 2.40. The summed E-state index contributed by atoms with van der Waals surface area (Å²) in [6.07, 6.45) is 4.57. The fourth-order valence-electron chi connectivity index (χ4n) is 0.849. The van der Waals surface area contributed by atoms with Gasteiger partial charge in [0.1, 0.15) is 0 Å². The molecule has 0 atom stereocenters. The second-order valence-electron chi connectivity index (χ2n) is 2.40. The first-order chi connectivity index (χ1) is 3.84. The van der Waals surface area contributed by atoms with Gasteiger partial charge in [0.15, 0.2) is 0 Å². The Balaban J connectivity index is 2.31. The molecule has 0 aromatic heterocycles. The van der Waals surface area contributed by atoms with Crippen LogP contribution in [0.4, 0.5) is 0 Å². The summed E-state index contributed by atoms with van der Waals surface area (Å²) >= 11 is 0. The molecule has 0 aromatic carbocycles. The average Bonchev–Trinajstić information content (AvgIpc) is 2.45. The summed E-state index contributed by atoms with van der Waals surface area (Å²) in [5.74, 6) is 0.821. The highest BCUT2D eigenvalue weighted by Crippen LogP contribution is 2.35. The lowest BCUT2D eigenvalue weighted by Gasteiger charge is -1.91. The summed E-state index contributed by atoms with van der Waals surface area (Å²) < 4.78 is 0. The topological polar surface area (TPSA) is 20.2 Å². The van der Waals surface area contributed by atoms with Gasteiger partial charge in [-0.1, -0.05) is 11.6 Å². The van der Waals surface area contributed by atoms with Gasteiger partial charge >= 0.3 is 0 Å². The SMILES string of the molecule is CC(=CCO)C1CC1. The van der Waals surface area contributed by atoms with Crippen LogP contribution in [0.25, 0.3) is 0 Å². The Morgan fingerprint density at radius 1 is 1.75 bits per heavy atom. The Labute approximate surface area is 50.0 Å². The van der Waals surface area contributed by atoms with Gasteiger partial charge in [0.05, 0.1) is 6.61 Å². The number of hydrogen-bond acceptors (Lipinski definition) is 1. The fraction of sp³-hybridized carbons (Fsp3) is 0.714. The Kier molecular flexibility index (Phi) is 1.69. The monoisotopic (exact) mass is 112 g/mol. The molecule has 0 aliphatic heterocycles. The zero-order valence-electron chi connectivity index (χ0n) is 5.22. The van der Waals surface area contributed by atoms with Gasteiger partial charge in [-0.2, -0.15) is 0 Å². The molecule has 0 unspecified atom stereocenters. The fourth-order valence-corrected chi connectivity index (χ4v) is 0.849. The summed E-state index contributed by atoms with van der Waals surface area (Å²) in [7, 11) is 0. The molecule has 46 valence electrons. The maximum absolute atomic E-state index is 8.44. The number of hydrogen-bond donors (Lipinski definition) is 1. The van der Waals surface area contributed by atoms with E-state index in [0.717, 1.165) is 5.92 Å². The van der Waals surface area contributed by atoms with Crippen molar-refractivity contribution in [2.45, 2.75) is 19.8 Å². The van der Waals surface area contributed by atoms with Crippen LogP contribution >= 0.6 is 0 Å². The van der Waals surface area contributed by atoms with E-state index in [1.165, 1.54) is 18.4 Å². The molecule has 1 nitrogen and oxygen atoms in total. The highest BCUT2D eigenvalue weighted by atomic mass is 16.2. The van der Waals surface area contributed by atoms with E-state index in [2.05, 4.69) is 6.92 Å². The molecular weight excluding hydrogens is 100 g/mol. The summed E-state index contributed by atoms with van der Waals surface area (Å²) in [5.41, 5.74) is 1.37. The van der Waals surface area contributed by atoms with E-state index >= 15 is 0 Å². The van der Waals surface area contributed by atoms with E-state index in [9.17, 15) is 0 Å². The molecule has 1 aliphatic carbocycles. The van der Waals surface area contributed by atoms with E-state index in [4.69, 9.17) is 5.11 Å². The van der Waals surface area contributed by atoms with Gasteiger partial charge < -0.3 is 5.11 Å². The Hall–Kier alpha value is -0.300. The molecule has 1 rings (SSSR count). The molecule has 0 aromatic rings. The third kappa shape index (κ3) is 1.34. The molecule has 1 N–H and O–H groups in total. The largest absolute Gasteiger partial charge is 0.392 e. The van der Waals surface area contributed by atoms with Gasteiger partial charge in [-0.3, -0.25) is 0 Å². The molecule has 0 saturated heterocycles. The van der Waals surface area contributed by atoms with Gasteiger partial charge in [0.25, 0.3) is 0 Å². The van der Waals surface area contributed by atoms with Crippen molar-refractivity contribution in [1.29, 1.82) is 0 Å². The summed E-state index contributed by atoms with van der Waals surface area (Å²) in [6, 6.07) is 0. The third-order valence-corrected chi connectivity index (χ3v) is 1.63. The van der Waals surface area contributed by atoms with Crippen molar-refractivity contribution in [2.24, 2.45) is 5.92 Å². The zero-order chi connectivity index (χ0) is 5.98. The molecule has 0 bridgehead atoms. The molecule has 1 aliphatic rings. The minimum absolute atomic E-state index is 0.211. The molecule has 0 radical (unpaired) electrons. The Morgan fingerprint density at radius 3 is 2.75 bits per heavy atom. The van der Waals surface area contributed by atoms with E-state index in [1.54, 1.807) is 0 Å².